The molecular weight excluding hydrogens is 202 g/mol. The van der Waals surface area contributed by atoms with E-state index < -0.39 is 0 Å². The summed E-state index contributed by atoms with van der Waals surface area (Å²) in [5.41, 5.74) is 3.24. The fourth-order valence-electron chi connectivity index (χ4n) is 2.11. The third-order valence-corrected chi connectivity index (χ3v) is 3.31. The maximum Gasteiger partial charge on any atom is 0.337 e. The van der Waals surface area contributed by atoms with Gasteiger partial charge in [0.05, 0.1) is 12.7 Å². The summed E-state index contributed by atoms with van der Waals surface area (Å²) in [6.07, 6.45) is 0.997. The number of likely N-dealkylation sites (N-methyl/N-ethyl adjacent to an activating group) is 1. The van der Waals surface area contributed by atoms with Crippen molar-refractivity contribution >= 4 is 5.97 Å². The van der Waals surface area contributed by atoms with Crippen LogP contribution in [0.1, 0.15) is 28.4 Å². The average molecular weight is 219 g/mol. The summed E-state index contributed by atoms with van der Waals surface area (Å²) in [7, 11) is 3.54. The Labute approximate surface area is 96.0 Å². The van der Waals surface area contributed by atoms with Gasteiger partial charge in [-0.15, -0.1) is 0 Å². The molecule has 0 unspecified atom stereocenters. The summed E-state index contributed by atoms with van der Waals surface area (Å²) in [5, 5.41) is 0. The maximum atomic E-state index is 11.4. The van der Waals surface area contributed by atoms with Crippen LogP contribution >= 0.6 is 0 Å². The van der Waals surface area contributed by atoms with Crippen LogP contribution in [0, 0.1) is 0 Å². The lowest BCUT2D eigenvalue weighted by Gasteiger charge is -2.31. The topological polar surface area (TPSA) is 29.5 Å². The summed E-state index contributed by atoms with van der Waals surface area (Å²) in [5.74, 6) is -0.255. The third kappa shape index (κ3) is 1.95. The van der Waals surface area contributed by atoms with Crippen molar-refractivity contribution in [2.75, 3.05) is 14.2 Å². The van der Waals surface area contributed by atoms with Crippen molar-refractivity contribution in [3.8, 4) is 0 Å². The zero-order valence-electron chi connectivity index (χ0n) is 9.99. The van der Waals surface area contributed by atoms with Gasteiger partial charge in [0.25, 0.3) is 0 Å². The summed E-state index contributed by atoms with van der Waals surface area (Å²) >= 11 is 0. The highest BCUT2D eigenvalue weighted by atomic mass is 16.5. The number of hydrogen-bond acceptors (Lipinski definition) is 3. The van der Waals surface area contributed by atoms with Crippen LogP contribution in [-0.4, -0.2) is 31.1 Å². The van der Waals surface area contributed by atoms with E-state index in [2.05, 4.69) is 18.9 Å². The van der Waals surface area contributed by atoms with E-state index in [1.165, 1.54) is 18.2 Å². The second-order valence-corrected chi connectivity index (χ2v) is 4.44. The van der Waals surface area contributed by atoms with Crippen molar-refractivity contribution in [2.24, 2.45) is 0 Å². The van der Waals surface area contributed by atoms with Crippen LogP contribution < -0.4 is 0 Å². The number of ether oxygens (including phenoxy) is 1. The average Bonchev–Trinajstić information content (AvgIpc) is 2.29. The molecule has 2 rings (SSSR count). The first-order valence-corrected chi connectivity index (χ1v) is 5.52. The number of hydrogen-bond donors (Lipinski definition) is 0. The van der Waals surface area contributed by atoms with Gasteiger partial charge in [-0.05, 0) is 43.7 Å². The van der Waals surface area contributed by atoms with E-state index in [9.17, 15) is 4.79 Å². The lowest BCUT2D eigenvalue weighted by atomic mass is 9.93. The van der Waals surface area contributed by atoms with Crippen LogP contribution in [0.4, 0.5) is 0 Å². The monoisotopic (exact) mass is 219 g/mol. The molecule has 1 heterocycles. The molecule has 1 aromatic rings. The van der Waals surface area contributed by atoms with Crippen molar-refractivity contribution in [1.82, 2.24) is 4.90 Å². The molecule has 1 aliphatic heterocycles. The summed E-state index contributed by atoms with van der Waals surface area (Å²) in [4.78, 5) is 13.7. The van der Waals surface area contributed by atoms with Gasteiger partial charge < -0.3 is 4.74 Å². The van der Waals surface area contributed by atoms with Crippen molar-refractivity contribution in [2.45, 2.75) is 25.9 Å². The maximum absolute atomic E-state index is 11.4. The highest BCUT2D eigenvalue weighted by Crippen LogP contribution is 2.23. The number of esters is 1. The van der Waals surface area contributed by atoms with E-state index in [-0.39, 0.29) is 5.97 Å². The van der Waals surface area contributed by atoms with E-state index in [4.69, 9.17) is 4.74 Å². The van der Waals surface area contributed by atoms with Crippen molar-refractivity contribution in [3.05, 3.63) is 34.9 Å². The normalized spacial score (nSPS) is 20.3. The number of fused-ring (bicyclic) bond motifs is 1. The molecule has 0 fully saturated rings. The van der Waals surface area contributed by atoms with Gasteiger partial charge in [0.2, 0.25) is 0 Å². The minimum Gasteiger partial charge on any atom is -0.465 e. The minimum absolute atomic E-state index is 0.255. The summed E-state index contributed by atoms with van der Waals surface area (Å²) in [6, 6.07) is 6.36. The summed E-state index contributed by atoms with van der Waals surface area (Å²) < 4.78 is 4.73. The smallest absolute Gasteiger partial charge is 0.337 e. The quantitative estimate of drug-likeness (QED) is 0.675. The molecule has 3 heteroatoms. The van der Waals surface area contributed by atoms with Gasteiger partial charge in [-0.25, -0.2) is 4.79 Å². The highest BCUT2D eigenvalue weighted by Gasteiger charge is 2.20. The molecular formula is C13H17NO2. The predicted octanol–water partition coefficient (Wildman–Crippen LogP) is 1.85. The molecule has 0 radical (unpaired) electrons. The second-order valence-electron chi connectivity index (χ2n) is 4.44. The van der Waals surface area contributed by atoms with E-state index in [0.717, 1.165) is 13.0 Å². The molecule has 0 spiro atoms. The fourth-order valence-corrected chi connectivity index (χ4v) is 2.11. The summed E-state index contributed by atoms with van der Waals surface area (Å²) in [6.45, 7) is 3.16. The third-order valence-electron chi connectivity index (χ3n) is 3.31. The standard InChI is InChI=1S/C13H17NO2/c1-9-6-12-7-10(13(15)16-3)4-5-11(12)8-14(9)2/h4-5,7,9H,6,8H2,1-3H3/t9-/m1/s1. The molecule has 0 aliphatic carbocycles. The molecule has 0 bridgehead atoms. The Bertz CT molecular complexity index is 414. The van der Waals surface area contributed by atoms with Crippen LogP contribution in [0.3, 0.4) is 0 Å². The highest BCUT2D eigenvalue weighted by molar-refractivity contribution is 5.89. The molecule has 1 aromatic carbocycles. The van der Waals surface area contributed by atoms with Crippen LogP contribution in [0.15, 0.2) is 18.2 Å². The zero-order chi connectivity index (χ0) is 11.7. The van der Waals surface area contributed by atoms with Gasteiger partial charge >= 0.3 is 5.97 Å². The molecule has 0 saturated heterocycles. The van der Waals surface area contributed by atoms with Gasteiger partial charge in [0, 0.05) is 12.6 Å². The Hall–Kier alpha value is -1.35. The number of carbonyl (C=O) groups is 1. The SMILES string of the molecule is COC(=O)c1ccc2c(c1)C[C@@H](C)N(C)C2. The van der Waals surface area contributed by atoms with Crippen LogP contribution in [0.2, 0.25) is 0 Å². The van der Waals surface area contributed by atoms with Crippen molar-refractivity contribution in [3.63, 3.8) is 0 Å². The Morgan fingerprint density at radius 1 is 1.44 bits per heavy atom. The first kappa shape index (κ1) is 11.1. The molecule has 0 saturated carbocycles. The van der Waals surface area contributed by atoms with E-state index >= 15 is 0 Å². The molecule has 1 aliphatic rings. The first-order chi connectivity index (χ1) is 7.61. The van der Waals surface area contributed by atoms with Crippen LogP contribution in [0.5, 0.6) is 0 Å². The minimum atomic E-state index is -0.255. The van der Waals surface area contributed by atoms with Gasteiger partial charge in [0.1, 0.15) is 0 Å². The van der Waals surface area contributed by atoms with Crippen LogP contribution in [-0.2, 0) is 17.7 Å². The Kier molecular flexibility index (Phi) is 2.97. The molecule has 0 amide bonds. The van der Waals surface area contributed by atoms with Crippen molar-refractivity contribution < 1.29 is 9.53 Å². The number of nitrogens with zero attached hydrogens (tertiary/aromatic N) is 1. The second kappa shape index (κ2) is 4.26. The van der Waals surface area contributed by atoms with Gasteiger partial charge in [-0.3, -0.25) is 4.90 Å². The molecule has 0 aromatic heterocycles. The van der Waals surface area contributed by atoms with Gasteiger partial charge in [-0.1, -0.05) is 6.07 Å². The molecule has 3 nitrogen and oxygen atoms in total. The van der Waals surface area contributed by atoms with Crippen molar-refractivity contribution in [1.29, 1.82) is 0 Å². The Balaban J connectivity index is 2.32. The lowest BCUT2D eigenvalue weighted by Crippen LogP contribution is -2.35. The molecule has 0 N–H and O–H groups in total. The van der Waals surface area contributed by atoms with Gasteiger partial charge in [-0.2, -0.15) is 0 Å². The number of carbonyl (C=O) groups excluding carboxylic acids is 1. The van der Waals surface area contributed by atoms with E-state index in [1.54, 1.807) is 0 Å². The zero-order valence-corrected chi connectivity index (χ0v) is 9.99. The fraction of sp³-hybridized carbons (Fsp3) is 0.462. The molecule has 1 atom stereocenters. The first-order valence-electron chi connectivity index (χ1n) is 5.52. The lowest BCUT2D eigenvalue weighted by molar-refractivity contribution is 0.0600. The molecule has 16 heavy (non-hydrogen) atoms. The number of rotatable bonds is 1. The van der Waals surface area contributed by atoms with Crippen LogP contribution in [0.25, 0.3) is 0 Å². The van der Waals surface area contributed by atoms with E-state index in [0.29, 0.717) is 11.6 Å². The largest absolute Gasteiger partial charge is 0.465 e. The molecule has 86 valence electrons. The Morgan fingerprint density at radius 3 is 2.88 bits per heavy atom. The van der Waals surface area contributed by atoms with Gasteiger partial charge in [0.15, 0.2) is 0 Å². The predicted molar refractivity (Wildman–Crippen MR) is 62.4 cm³/mol. The van der Waals surface area contributed by atoms with E-state index in [1.807, 2.05) is 18.2 Å². The number of benzene rings is 1. The Morgan fingerprint density at radius 2 is 2.19 bits per heavy atom. The number of methoxy groups -OCH3 is 1.